The van der Waals surface area contributed by atoms with E-state index < -0.39 is 11.4 Å². The van der Waals surface area contributed by atoms with Crippen molar-refractivity contribution in [3.8, 4) is 0 Å². The van der Waals surface area contributed by atoms with E-state index in [1.54, 1.807) is 0 Å². The molecule has 1 unspecified atom stereocenters. The maximum Gasteiger partial charge on any atom is 0.196 e. The molecule has 0 aliphatic carbocycles. The summed E-state index contributed by atoms with van der Waals surface area (Å²) >= 11 is 0. The first-order valence-electron chi connectivity index (χ1n) is 9.86. The van der Waals surface area contributed by atoms with Gasteiger partial charge in [-0.3, -0.25) is 0 Å². The molecule has 2 heteroatoms. The lowest BCUT2D eigenvalue weighted by molar-refractivity contribution is -0.316. The van der Waals surface area contributed by atoms with Gasteiger partial charge in [-0.1, -0.05) is 84.9 Å². The van der Waals surface area contributed by atoms with Crippen LogP contribution in [-0.2, 0) is 27.3 Å². The molecule has 0 amide bonds. The Bertz CT molecular complexity index is 872. The van der Waals surface area contributed by atoms with Gasteiger partial charge in [-0.15, -0.1) is 0 Å². The second-order valence-corrected chi connectivity index (χ2v) is 7.55. The second kappa shape index (κ2) is 6.63. The smallest absolute Gasteiger partial charge is 0.196 e. The summed E-state index contributed by atoms with van der Waals surface area (Å²) in [5, 5.41) is 0. The van der Waals surface area contributed by atoms with E-state index in [-0.39, 0.29) is 0 Å². The molecule has 2 aliphatic rings. The van der Waals surface area contributed by atoms with Crippen LogP contribution in [0.25, 0.3) is 0 Å². The first-order chi connectivity index (χ1) is 13.3. The molecule has 0 radical (unpaired) electrons. The fourth-order valence-electron chi connectivity index (χ4n) is 4.65. The summed E-state index contributed by atoms with van der Waals surface area (Å²) in [5.74, 6) is -0.668. The summed E-state index contributed by atoms with van der Waals surface area (Å²) in [6, 6.07) is 29.9. The van der Waals surface area contributed by atoms with Crippen molar-refractivity contribution in [2.24, 2.45) is 0 Å². The lowest BCUT2D eigenvalue weighted by Crippen LogP contribution is -2.50. The zero-order valence-electron chi connectivity index (χ0n) is 15.4. The van der Waals surface area contributed by atoms with E-state index in [1.807, 2.05) is 0 Å². The Balaban J connectivity index is 1.75. The molecule has 0 saturated carbocycles. The van der Waals surface area contributed by atoms with Crippen LogP contribution in [0.15, 0.2) is 84.9 Å². The lowest BCUT2D eigenvalue weighted by Gasteiger charge is -2.50. The van der Waals surface area contributed by atoms with Crippen LogP contribution in [0.1, 0.15) is 41.5 Å². The molecule has 5 rings (SSSR count). The number of hydrogen-bond donors (Lipinski definition) is 0. The second-order valence-electron chi connectivity index (χ2n) is 7.55. The summed E-state index contributed by atoms with van der Waals surface area (Å²) in [5.41, 5.74) is 4.33. The molecule has 2 aliphatic heterocycles. The third-order valence-corrected chi connectivity index (χ3v) is 5.92. The Morgan fingerprint density at radius 2 is 1.30 bits per heavy atom. The molecular weight excluding hydrogens is 332 g/mol. The Morgan fingerprint density at radius 3 is 1.93 bits per heavy atom. The maximum atomic E-state index is 7.08. The number of benzene rings is 3. The van der Waals surface area contributed by atoms with Gasteiger partial charge in [-0.2, -0.15) is 0 Å². The summed E-state index contributed by atoms with van der Waals surface area (Å²) in [4.78, 5) is 0. The van der Waals surface area contributed by atoms with E-state index in [1.165, 1.54) is 22.3 Å². The fraction of sp³-hybridized carbons (Fsp3) is 0.280. The average Bonchev–Trinajstić information content (AvgIpc) is 2.75. The van der Waals surface area contributed by atoms with E-state index >= 15 is 0 Å². The molecule has 0 bridgehead atoms. The normalized spacial score (nSPS) is 23.7. The van der Waals surface area contributed by atoms with Crippen molar-refractivity contribution in [1.29, 1.82) is 0 Å². The van der Waals surface area contributed by atoms with Gasteiger partial charge in [0.05, 0.1) is 6.61 Å². The van der Waals surface area contributed by atoms with Crippen molar-refractivity contribution in [1.82, 2.24) is 0 Å². The van der Waals surface area contributed by atoms with E-state index in [0.717, 1.165) is 32.3 Å². The monoisotopic (exact) mass is 356 g/mol. The molecule has 3 aromatic rings. The van der Waals surface area contributed by atoms with E-state index in [9.17, 15) is 0 Å². The highest BCUT2D eigenvalue weighted by atomic mass is 16.7. The average molecular weight is 356 g/mol. The van der Waals surface area contributed by atoms with Crippen molar-refractivity contribution >= 4 is 0 Å². The van der Waals surface area contributed by atoms with Gasteiger partial charge in [0.2, 0.25) is 0 Å². The van der Waals surface area contributed by atoms with Crippen LogP contribution in [0.4, 0.5) is 0 Å². The Kier molecular flexibility index (Phi) is 4.11. The topological polar surface area (TPSA) is 18.5 Å². The van der Waals surface area contributed by atoms with Crippen molar-refractivity contribution in [2.75, 3.05) is 6.61 Å². The summed E-state index contributed by atoms with van der Waals surface area (Å²) < 4.78 is 13.5. The van der Waals surface area contributed by atoms with Gasteiger partial charge in [0.1, 0.15) is 5.60 Å². The summed E-state index contributed by atoms with van der Waals surface area (Å²) in [6.07, 6.45) is 3.92. The van der Waals surface area contributed by atoms with Gasteiger partial charge >= 0.3 is 0 Å². The van der Waals surface area contributed by atoms with Crippen LogP contribution >= 0.6 is 0 Å². The predicted molar refractivity (Wildman–Crippen MR) is 106 cm³/mol. The zero-order chi connectivity index (χ0) is 18.2. The van der Waals surface area contributed by atoms with E-state index in [0.29, 0.717) is 0 Å². The molecule has 1 spiro atoms. The largest absolute Gasteiger partial charge is 0.346 e. The molecule has 1 fully saturated rings. The van der Waals surface area contributed by atoms with E-state index in [2.05, 4.69) is 84.9 Å². The minimum atomic E-state index is -0.668. The minimum Gasteiger partial charge on any atom is -0.346 e. The quantitative estimate of drug-likeness (QED) is 0.599. The molecule has 1 saturated heterocycles. The predicted octanol–water partition coefficient (Wildman–Crippen LogP) is 5.56. The molecule has 2 heterocycles. The van der Waals surface area contributed by atoms with Crippen LogP contribution in [-0.4, -0.2) is 6.61 Å². The van der Waals surface area contributed by atoms with Gasteiger partial charge < -0.3 is 9.47 Å². The number of fused-ring (bicyclic) bond motifs is 2. The molecule has 3 aromatic carbocycles. The van der Waals surface area contributed by atoms with Gasteiger partial charge in [-0.25, -0.2) is 0 Å². The summed E-state index contributed by atoms with van der Waals surface area (Å²) in [7, 11) is 0. The van der Waals surface area contributed by atoms with Crippen LogP contribution in [0.3, 0.4) is 0 Å². The van der Waals surface area contributed by atoms with Crippen LogP contribution in [0.5, 0.6) is 0 Å². The molecule has 0 N–H and O–H groups in total. The fourth-order valence-corrected chi connectivity index (χ4v) is 4.65. The van der Waals surface area contributed by atoms with Crippen molar-refractivity contribution < 1.29 is 9.47 Å². The van der Waals surface area contributed by atoms with Gasteiger partial charge in [0.15, 0.2) is 5.79 Å². The molecule has 1 atom stereocenters. The van der Waals surface area contributed by atoms with Gasteiger partial charge in [-0.05, 0) is 29.5 Å². The molecule has 0 aromatic heterocycles. The molecular formula is C25H24O2. The highest BCUT2D eigenvalue weighted by Crippen LogP contribution is 2.52. The minimum absolute atomic E-state index is 0.547. The standard InChI is InChI=1S/C25H24O2/c1-3-12-21(13-4-1)24(22-14-5-2-6-15-22)19-20-11-7-8-16-23(20)25(27-24)17-9-10-18-26-25/h1-8,11-16H,9-10,17-19H2. The van der Waals surface area contributed by atoms with Crippen LogP contribution in [0.2, 0.25) is 0 Å². The highest BCUT2D eigenvalue weighted by molar-refractivity contribution is 5.44. The molecule has 27 heavy (non-hydrogen) atoms. The van der Waals surface area contributed by atoms with Crippen molar-refractivity contribution in [3.05, 3.63) is 107 Å². The van der Waals surface area contributed by atoms with E-state index in [4.69, 9.17) is 9.47 Å². The van der Waals surface area contributed by atoms with Crippen LogP contribution in [0, 0.1) is 0 Å². The first kappa shape index (κ1) is 16.7. The third kappa shape index (κ3) is 2.72. The van der Waals surface area contributed by atoms with Crippen molar-refractivity contribution in [2.45, 2.75) is 37.1 Å². The first-order valence-corrected chi connectivity index (χ1v) is 9.86. The molecule has 2 nitrogen and oxygen atoms in total. The van der Waals surface area contributed by atoms with Gasteiger partial charge in [0, 0.05) is 18.4 Å². The highest BCUT2D eigenvalue weighted by Gasteiger charge is 2.51. The number of hydrogen-bond acceptors (Lipinski definition) is 2. The maximum absolute atomic E-state index is 7.08. The zero-order valence-corrected chi connectivity index (χ0v) is 15.4. The number of rotatable bonds is 2. The Morgan fingerprint density at radius 1 is 0.667 bits per heavy atom. The number of ether oxygens (including phenoxy) is 2. The van der Waals surface area contributed by atoms with Crippen molar-refractivity contribution in [3.63, 3.8) is 0 Å². The third-order valence-electron chi connectivity index (χ3n) is 5.92. The summed E-state index contributed by atoms with van der Waals surface area (Å²) in [6.45, 7) is 0.744. The Hall–Kier alpha value is -2.42. The lowest BCUT2D eigenvalue weighted by atomic mass is 9.75. The van der Waals surface area contributed by atoms with Crippen LogP contribution < -0.4 is 0 Å². The van der Waals surface area contributed by atoms with Gasteiger partial charge in [0.25, 0.3) is 0 Å². The Labute approximate surface area is 160 Å². The molecule has 136 valence electrons. The SMILES string of the molecule is c1ccc(C2(c3ccccc3)Cc3ccccc3C3(CCCCO3)O2)cc1.